The Bertz CT molecular complexity index is 2160. The van der Waals surface area contributed by atoms with Gasteiger partial charge in [0.2, 0.25) is 0 Å². The fraction of sp³-hybridized carbons (Fsp3) is 0.130. The highest BCUT2D eigenvalue weighted by atomic mass is 15.1. The maximum atomic E-state index is 4.69. The van der Waals surface area contributed by atoms with Crippen molar-refractivity contribution in [1.82, 2.24) is 9.97 Å². The Labute approximate surface area is 289 Å². The van der Waals surface area contributed by atoms with Crippen LogP contribution >= 0.6 is 0 Å². The molecular formula is C46H39N3. The van der Waals surface area contributed by atoms with Crippen molar-refractivity contribution in [2.24, 2.45) is 0 Å². The number of hydrogen-bond donors (Lipinski definition) is 0. The third-order valence-corrected chi connectivity index (χ3v) is 10.2. The molecule has 0 bridgehead atoms. The topological polar surface area (TPSA) is 29.0 Å². The van der Waals surface area contributed by atoms with Gasteiger partial charge in [-0.2, -0.15) is 0 Å². The lowest BCUT2D eigenvalue weighted by Gasteiger charge is -2.44. The lowest BCUT2D eigenvalue weighted by Crippen LogP contribution is -2.36. The second-order valence-corrected chi connectivity index (χ2v) is 14.0. The average molecular weight is 634 g/mol. The summed E-state index contributed by atoms with van der Waals surface area (Å²) in [5.74, 6) is 0. The van der Waals surface area contributed by atoms with Crippen LogP contribution < -0.4 is 4.90 Å². The lowest BCUT2D eigenvalue weighted by atomic mass is 9.59. The molecule has 5 aromatic carbocycles. The highest BCUT2D eigenvalue weighted by molar-refractivity contribution is 5.81. The number of hydrogen-bond acceptors (Lipinski definition) is 3. The standard InChI is InChI=1S/C46H39N3/c1-45(2)40-24-22-38(49(36-15-7-5-8-16-36)37-17-9-6-10-18-37)31-42(40)46(3,4)39-23-21-32(30-41(39)45)33-27-34(43-19-11-13-25-47-43)29-35(28-33)44-20-12-14-26-48-44/h5-31H,1-4H3. The molecule has 0 atom stereocenters. The van der Waals surface area contributed by atoms with Gasteiger partial charge in [0.25, 0.3) is 0 Å². The van der Waals surface area contributed by atoms with Crippen LogP contribution in [0.1, 0.15) is 49.9 Å². The first-order valence-electron chi connectivity index (χ1n) is 17.0. The van der Waals surface area contributed by atoms with Crippen LogP contribution in [0.15, 0.2) is 164 Å². The van der Waals surface area contributed by atoms with Gasteiger partial charge in [0.15, 0.2) is 0 Å². The van der Waals surface area contributed by atoms with E-state index in [-0.39, 0.29) is 10.8 Å². The zero-order valence-electron chi connectivity index (χ0n) is 28.4. The van der Waals surface area contributed by atoms with Gasteiger partial charge in [0.05, 0.1) is 11.4 Å². The van der Waals surface area contributed by atoms with Crippen molar-refractivity contribution in [3.63, 3.8) is 0 Å². The van der Waals surface area contributed by atoms with E-state index in [2.05, 4.69) is 160 Å². The van der Waals surface area contributed by atoms with Gasteiger partial charge in [0.1, 0.15) is 0 Å². The van der Waals surface area contributed by atoms with Crippen LogP contribution in [0.25, 0.3) is 33.6 Å². The highest BCUT2D eigenvalue weighted by Crippen LogP contribution is 2.52. The van der Waals surface area contributed by atoms with Crippen LogP contribution in [0.2, 0.25) is 0 Å². The number of rotatable bonds is 6. The Kier molecular flexibility index (Phi) is 7.49. The molecule has 238 valence electrons. The summed E-state index contributed by atoms with van der Waals surface area (Å²) in [7, 11) is 0. The van der Waals surface area contributed by atoms with E-state index in [4.69, 9.17) is 9.97 Å². The Morgan fingerprint density at radius 2 is 0.837 bits per heavy atom. The molecule has 1 aliphatic carbocycles. The molecule has 0 fully saturated rings. The predicted molar refractivity (Wildman–Crippen MR) is 204 cm³/mol. The van der Waals surface area contributed by atoms with Crippen LogP contribution in [0.5, 0.6) is 0 Å². The Balaban J connectivity index is 1.25. The molecular weight excluding hydrogens is 595 g/mol. The van der Waals surface area contributed by atoms with E-state index in [1.165, 1.54) is 27.8 Å². The van der Waals surface area contributed by atoms with Gasteiger partial charge >= 0.3 is 0 Å². The maximum absolute atomic E-state index is 4.69. The second-order valence-electron chi connectivity index (χ2n) is 14.0. The number of nitrogens with zero attached hydrogens (tertiary/aromatic N) is 3. The normalized spacial score (nSPS) is 14.0. The van der Waals surface area contributed by atoms with Gasteiger partial charge in [-0.3, -0.25) is 9.97 Å². The largest absolute Gasteiger partial charge is 0.310 e. The summed E-state index contributed by atoms with van der Waals surface area (Å²) in [5, 5.41) is 0. The van der Waals surface area contributed by atoms with E-state index in [9.17, 15) is 0 Å². The molecule has 0 aliphatic heterocycles. The summed E-state index contributed by atoms with van der Waals surface area (Å²) in [6.07, 6.45) is 3.71. The molecule has 0 spiro atoms. The van der Waals surface area contributed by atoms with Crippen molar-refractivity contribution < 1.29 is 0 Å². The zero-order valence-corrected chi connectivity index (χ0v) is 28.4. The van der Waals surface area contributed by atoms with Crippen LogP contribution in [-0.4, -0.2) is 9.97 Å². The van der Waals surface area contributed by atoms with E-state index in [0.29, 0.717) is 0 Å². The highest BCUT2D eigenvalue weighted by Gasteiger charge is 2.42. The molecule has 1 aliphatic rings. The molecule has 3 heteroatoms. The van der Waals surface area contributed by atoms with Gasteiger partial charge in [-0.15, -0.1) is 0 Å². The fourth-order valence-electron chi connectivity index (χ4n) is 7.57. The van der Waals surface area contributed by atoms with E-state index in [0.717, 1.165) is 45.1 Å². The molecule has 0 radical (unpaired) electrons. The summed E-state index contributed by atoms with van der Waals surface area (Å²) in [6.45, 7) is 9.50. The van der Waals surface area contributed by atoms with Crippen molar-refractivity contribution in [3.05, 3.63) is 186 Å². The van der Waals surface area contributed by atoms with Gasteiger partial charge in [-0.1, -0.05) is 94.4 Å². The zero-order chi connectivity index (χ0) is 33.6. The van der Waals surface area contributed by atoms with E-state index in [1.807, 2.05) is 36.7 Å². The molecule has 3 nitrogen and oxygen atoms in total. The van der Waals surface area contributed by atoms with Crippen molar-refractivity contribution in [3.8, 4) is 33.6 Å². The first-order chi connectivity index (χ1) is 23.8. The molecule has 0 saturated carbocycles. The van der Waals surface area contributed by atoms with Gasteiger partial charge in [0, 0.05) is 51.4 Å². The second kappa shape index (κ2) is 12.0. The molecule has 7 aromatic rings. The maximum Gasteiger partial charge on any atom is 0.0702 e. The van der Waals surface area contributed by atoms with E-state index in [1.54, 1.807) is 0 Å². The van der Waals surface area contributed by atoms with Gasteiger partial charge in [-0.25, -0.2) is 0 Å². The summed E-state index contributed by atoms with van der Waals surface area (Å²) in [4.78, 5) is 11.7. The average Bonchev–Trinajstić information content (AvgIpc) is 3.15. The summed E-state index contributed by atoms with van der Waals surface area (Å²) >= 11 is 0. The van der Waals surface area contributed by atoms with Crippen LogP contribution in [0, 0.1) is 0 Å². The van der Waals surface area contributed by atoms with Crippen molar-refractivity contribution >= 4 is 17.1 Å². The minimum Gasteiger partial charge on any atom is -0.310 e. The number of aromatic nitrogens is 2. The number of pyridine rings is 2. The molecule has 0 unspecified atom stereocenters. The SMILES string of the molecule is CC1(C)c2ccc(N(c3ccccc3)c3ccccc3)cc2C(C)(C)c2ccc(-c3cc(-c4ccccn4)cc(-c4ccccn4)c3)cc21. The molecule has 2 heterocycles. The quantitative estimate of drug-likeness (QED) is 0.182. The molecule has 8 rings (SSSR count). The van der Waals surface area contributed by atoms with Crippen LogP contribution in [0.4, 0.5) is 17.1 Å². The van der Waals surface area contributed by atoms with Crippen LogP contribution in [-0.2, 0) is 10.8 Å². The predicted octanol–water partition coefficient (Wildman–Crippen LogP) is 11.9. The lowest BCUT2D eigenvalue weighted by molar-refractivity contribution is 0.521. The Morgan fingerprint density at radius 1 is 0.367 bits per heavy atom. The third-order valence-electron chi connectivity index (χ3n) is 10.2. The summed E-state index contributed by atoms with van der Waals surface area (Å²) in [6, 6.07) is 54.3. The molecule has 2 aromatic heterocycles. The van der Waals surface area contributed by atoms with Crippen molar-refractivity contribution in [1.29, 1.82) is 0 Å². The first kappa shape index (κ1) is 30.5. The summed E-state index contributed by atoms with van der Waals surface area (Å²) in [5.41, 5.74) is 14.9. The molecule has 0 saturated heterocycles. The van der Waals surface area contributed by atoms with Gasteiger partial charge in [-0.05, 0) is 118 Å². The smallest absolute Gasteiger partial charge is 0.0702 e. The fourth-order valence-corrected chi connectivity index (χ4v) is 7.57. The van der Waals surface area contributed by atoms with Crippen molar-refractivity contribution in [2.75, 3.05) is 4.90 Å². The Morgan fingerprint density at radius 3 is 1.35 bits per heavy atom. The first-order valence-corrected chi connectivity index (χ1v) is 17.0. The number of fused-ring (bicyclic) bond motifs is 2. The number of anilines is 3. The minimum atomic E-state index is -0.207. The Hall–Kier alpha value is -5.80. The number of para-hydroxylation sites is 2. The molecule has 49 heavy (non-hydrogen) atoms. The summed E-state index contributed by atoms with van der Waals surface area (Å²) < 4.78 is 0. The van der Waals surface area contributed by atoms with E-state index >= 15 is 0 Å². The molecule has 0 amide bonds. The monoisotopic (exact) mass is 633 g/mol. The number of benzene rings is 5. The van der Waals surface area contributed by atoms with Gasteiger partial charge < -0.3 is 4.90 Å². The minimum absolute atomic E-state index is 0.206. The third kappa shape index (κ3) is 5.42. The van der Waals surface area contributed by atoms with Crippen molar-refractivity contribution in [2.45, 2.75) is 38.5 Å². The van der Waals surface area contributed by atoms with Crippen LogP contribution in [0.3, 0.4) is 0 Å². The van der Waals surface area contributed by atoms with E-state index < -0.39 is 0 Å². The molecule has 0 N–H and O–H groups in total.